The van der Waals surface area contributed by atoms with Gasteiger partial charge in [0.2, 0.25) is 0 Å². The number of halogens is 1. The van der Waals surface area contributed by atoms with Crippen LogP contribution in [-0.2, 0) is 0 Å². The van der Waals surface area contributed by atoms with E-state index in [1.54, 1.807) is 12.1 Å². The molecule has 0 heterocycles. The van der Waals surface area contributed by atoms with E-state index in [0.717, 1.165) is 17.5 Å². The highest BCUT2D eigenvalue weighted by Gasteiger charge is 1.94. The lowest BCUT2D eigenvalue weighted by Crippen LogP contribution is -1.97. The summed E-state index contributed by atoms with van der Waals surface area (Å²) in [6.45, 7) is 4.68. The zero-order valence-electron chi connectivity index (χ0n) is 9.16. The van der Waals surface area contributed by atoms with E-state index in [9.17, 15) is 0 Å². The van der Waals surface area contributed by atoms with Crippen molar-refractivity contribution >= 4 is 15.9 Å². The third-order valence-electron chi connectivity index (χ3n) is 1.51. The van der Waals surface area contributed by atoms with E-state index in [4.69, 9.17) is 10.00 Å². The SMILES string of the molecule is CC.N#Cc1cccc(OCCCBr)c1. The molecule has 82 valence electrons. The van der Waals surface area contributed by atoms with Gasteiger partial charge in [0.15, 0.2) is 0 Å². The molecule has 0 bridgehead atoms. The van der Waals surface area contributed by atoms with Crippen molar-refractivity contribution in [1.29, 1.82) is 5.26 Å². The van der Waals surface area contributed by atoms with Crippen molar-refractivity contribution in [1.82, 2.24) is 0 Å². The first-order valence-corrected chi connectivity index (χ1v) is 6.18. The normalized spacial score (nSPS) is 8.40. The number of hydrogen-bond acceptors (Lipinski definition) is 2. The molecule has 1 aromatic carbocycles. The van der Waals surface area contributed by atoms with Crippen LogP contribution in [0.5, 0.6) is 5.75 Å². The van der Waals surface area contributed by atoms with Crippen LogP contribution in [0, 0.1) is 11.3 Å². The number of rotatable bonds is 4. The van der Waals surface area contributed by atoms with Crippen molar-refractivity contribution in [3.63, 3.8) is 0 Å². The monoisotopic (exact) mass is 269 g/mol. The summed E-state index contributed by atoms with van der Waals surface area (Å²) >= 11 is 3.32. The fraction of sp³-hybridized carbons (Fsp3) is 0.417. The molecule has 0 spiro atoms. The van der Waals surface area contributed by atoms with Gasteiger partial charge in [0.05, 0.1) is 18.2 Å². The molecular formula is C12H16BrNO. The van der Waals surface area contributed by atoms with Gasteiger partial charge in [0.1, 0.15) is 5.75 Å². The van der Waals surface area contributed by atoms with Gasteiger partial charge in [-0.05, 0) is 24.6 Å². The summed E-state index contributed by atoms with van der Waals surface area (Å²) in [5.74, 6) is 0.764. The summed E-state index contributed by atoms with van der Waals surface area (Å²) < 4.78 is 5.41. The highest BCUT2D eigenvalue weighted by molar-refractivity contribution is 9.09. The molecule has 0 fully saturated rings. The molecule has 0 aliphatic heterocycles. The first-order valence-electron chi connectivity index (χ1n) is 5.06. The molecule has 0 amide bonds. The first-order chi connectivity index (χ1) is 7.36. The van der Waals surface area contributed by atoms with Gasteiger partial charge in [-0.15, -0.1) is 0 Å². The molecule has 0 radical (unpaired) electrons. The van der Waals surface area contributed by atoms with Gasteiger partial charge >= 0.3 is 0 Å². The van der Waals surface area contributed by atoms with Crippen LogP contribution in [0.3, 0.4) is 0 Å². The summed E-state index contributed by atoms with van der Waals surface area (Å²) in [4.78, 5) is 0. The maximum Gasteiger partial charge on any atom is 0.120 e. The quantitative estimate of drug-likeness (QED) is 0.616. The van der Waals surface area contributed by atoms with Crippen molar-refractivity contribution in [3.8, 4) is 11.8 Å². The largest absolute Gasteiger partial charge is 0.494 e. The molecule has 3 heteroatoms. The van der Waals surface area contributed by atoms with E-state index in [2.05, 4.69) is 22.0 Å². The van der Waals surface area contributed by atoms with Crippen LogP contribution in [0.1, 0.15) is 25.8 Å². The summed E-state index contributed by atoms with van der Waals surface area (Å²) in [5, 5.41) is 9.56. The summed E-state index contributed by atoms with van der Waals surface area (Å²) in [6, 6.07) is 9.25. The van der Waals surface area contributed by atoms with Gasteiger partial charge < -0.3 is 4.74 Å². The fourth-order valence-electron chi connectivity index (χ4n) is 0.900. The Morgan fingerprint density at radius 1 is 1.40 bits per heavy atom. The summed E-state index contributed by atoms with van der Waals surface area (Å²) in [6.07, 6.45) is 0.969. The van der Waals surface area contributed by atoms with Crippen LogP contribution in [-0.4, -0.2) is 11.9 Å². The van der Waals surface area contributed by atoms with Gasteiger partial charge in [0.25, 0.3) is 0 Å². The molecule has 0 atom stereocenters. The Hall–Kier alpha value is -1.01. The molecule has 0 saturated heterocycles. The highest BCUT2D eigenvalue weighted by atomic mass is 79.9. The van der Waals surface area contributed by atoms with Crippen LogP contribution in [0.25, 0.3) is 0 Å². The van der Waals surface area contributed by atoms with E-state index in [0.29, 0.717) is 12.2 Å². The predicted octanol–water partition coefficient (Wildman–Crippen LogP) is 3.75. The Bertz CT molecular complexity index is 307. The molecule has 0 aromatic heterocycles. The average molecular weight is 270 g/mol. The second kappa shape index (κ2) is 9.54. The van der Waals surface area contributed by atoms with E-state index in [1.165, 1.54) is 0 Å². The molecule has 0 N–H and O–H groups in total. The second-order valence-corrected chi connectivity index (χ2v) is 3.32. The lowest BCUT2D eigenvalue weighted by Gasteiger charge is -2.03. The standard InChI is InChI=1S/C10H10BrNO.C2H6/c11-5-2-6-13-10-4-1-3-9(7-10)8-12;1-2/h1,3-4,7H,2,5-6H2;1-2H3. The minimum absolute atomic E-state index is 0.636. The Kier molecular flexibility index (Phi) is 8.90. The topological polar surface area (TPSA) is 33.0 Å². The Labute approximate surface area is 100 Å². The van der Waals surface area contributed by atoms with Crippen molar-refractivity contribution in [2.75, 3.05) is 11.9 Å². The van der Waals surface area contributed by atoms with Crippen molar-refractivity contribution in [2.24, 2.45) is 0 Å². The molecule has 1 aromatic rings. The minimum atomic E-state index is 0.636. The van der Waals surface area contributed by atoms with E-state index in [1.807, 2.05) is 26.0 Å². The molecule has 0 aliphatic carbocycles. The minimum Gasteiger partial charge on any atom is -0.494 e. The lowest BCUT2D eigenvalue weighted by atomic mass is 10.2. The molecule has 0 unspecified atom stereocenters. The van der Waals surface area contributed by atoms with Gasteiger partial charge in [-0.25, -0.2) is 0 Å². The van der Waals surface area contributed by atoms with Crippen molar-refractivity contribution in [3.05, 3.63) is 29.8 Å². The van der Waals surface area contributed by atoms with Crippen LogP contribution in [0.15, 0.2) is 24.3 Å². The number of nitriles is 1. The number of nitrogens with zero attached hydrogens (tertiary/aromatic N) is 1. The number of alkyl halides is 1. The fourth-order valence-corrected chi connectivity index (χ4v) is 1.13. The van der Waals surface area contributed by atoms with Crippen LogP contribution in [0.2, 0.25) is 0 Å². The van der Waals surface area contributed by atoms with Gasteiger partial charge in [-0.3, -0.25) is 0 Å². The Balaban J connectivity index is 0.000000921. The third-order valence-corrected chi connectivity index (χ3v) is 2.07. The maximum absolute atomic E-state index is 8.62. The van der Waals surface area contributed by atoms with Gasteiger partial charge in [-0.2, -0.15) is 5.26 Å². The molecule has 15 heavy (non-hydrogen) atoms. The van der Waals surface area contributed by atoms with Crippen molar-refractivity contribution in [2.45, 2.75) is 20.3 Å². The molecule has 0 aliphatic rings. The molecule has 1 rings (SSSR count). The second-order valence-electron chi connectivity index (χ2n) is 2.53. The zero-order chi connectivity index (χ0) is 11.5. The van der Waals surface area contributed by atoms with Crippen molar-refractivity contribution < 1.29 is 4.74 Å². The Morgan fingerprint density at radius 2 is 2.13 bits per heavy atom. The van der Waals surface area contributed by atoms with Crippen LogP contribution in [0.4, 0.5) is 0 Å². The molecule has 2 nitrogen and oxygen atoms in total. The third kappa shape index (κ3) is 6.14. The van der Waals surface area contributed by atoms with E-state index >= 15 is 0 Å². The zero-order valence-corrected chi connectivity index (χ0v) is 10.8. The highest BCUT2D eigenvalue weighted by Crippen LogP contribution is 2.12. The smallest absolute Gasteiger partial charge is 0.120 e. The Morgan fingerprint density at radius 3 is 2.73 bits per heavy atom. The predicted molar refractivity (Wildman–Crippen MR) is 66.4 cm³/mol. The average Bonchev–Trinajstić information content (AvgIpc) is 2.32. The maximum atomic E-state index is 8.62. The first kappa shape index (κ1) is 14.0. The van der Waals surface area contributed by atoms with E-state index in [-0.39, 0.29) is 0 Å². The number of benzene rings is 1. The van der Waals surface area contributed by atoms with Gasteiger partial charge in [0, 0.05) is 5.33 Å². The van der Waals surface area contributed by atoms with E-state index < -0.39 is 0 Å². The summed E-state index contributed by atoms with van der Waals surface area (Å²) in [5.41, 5.74) is 0.636. The molecular weight excluding hydrogens is 254 g/mol. The van der Waals surface area contributed by atoms with Gasteiger partial charge in [-0.1, -0.05) is 35.8 Å². The number of hydrogen-bond donors (Lipinski definition) is 0. The molecule has 0 saturated carbocycles. The van der Waals surface area contributed by atoms with Crippen LogP contribution >= 0.6 is 15.9 Å². The lowest BCUT2D eigenvalue weighted by molar-refractivity contribution is 0.319. The van der Waals surface area contributed by atoms with Crippen LogP contribution < -0.4 is 4.74 Å². The summed E-state index contributed by atoms with van der Waals surface area (Å²) in [7, 11) is 0. The number of ether oxygens (including phenoxy) is 1.